The summed E-state index contributed by atoms with van der Waals surface area (Å²) in [5.74, 6) is 2.63. The lowest BCUT2D eigenvalue weighted by atomic mass is 9.61. The maximum atomic E-state index is 3.60. The molecule has 1 radical (unpaired) electrons. The molecule has 79 valence electrons. The summed E-state index contributed by atoms with van der Waals surface area (Å²) in [5, 5.41) is 0. The number of fused-ring (bicyclic) bond motifs is 1. The molecule has 0 amide bonds. The van der Waals surface area contributed by atoms with Crippen molar-refractivity contribution in [2.75, 3.05) is 0 Å². The van der Waals surface area contributed by atoms with E-state index >= 15 is 0 Å². The second kappa shape index (κ2) is 3.72. The van der Waals surface area contributed by atoms with Gasteiger partial charge in [-0.15, -0.1) is 0 Å². The van der Waals surface area contributed by atoms with Gasteiger partial charge >= 0.3 is 0 Å². The molecular formula is C14H23. The first-order chi connectivity index (χ1) is 6.59. The Kier molecular flexibility index (Phi) is 2.72. The molecule has 0 aromatic carbocycles. The lowest BCUT2D eigenvalue weighted by Crippen LogP contribution is -2.36. The van der Waals surface area contributed by atoms with E-state index in [1.165, 1.54) is 32.1 Å². The van der Waals surface area contributed by atoms with Gasteiger partial charge in [0.25, 0.3) is 0 Å². The van der Waals surface area contributed by atoms with Crippen LogP contribution < -0.4 is 0 Å². The van der Waals surface area contributed by atoms with Crippen LogP contribution >= 0.6 is 0 Å². The fourth-order valence-electron chi connectivity index (χ4n) is 3.37. The second-order valence-corrected chi connectivity index (χ2v) is 6.13. The molecule has 2 aliphatic carbocycles. The van der Waals surface area contributed by atoms with Crippen LogP contribution in [0.25, 0.3) is 0 Å². The maximum Gasteiger partial charge on any atom is -0.0131 e. The minimum absolute atomic E-state index is 0.485. The van der Waals surface area contributed by atoms with Gasteiger partial charge in [0.1, 0.15) is 0 Å². The first kappa shape index (κ1) is 10.3. The highest BCUT2D eigenvalue weighted by Crippen LogP contribution is 2.47. The third-order valence-corrected chi connectivity index (χ3v) is 4.15. The van der Waals surface area contributed by atoms with Crippen LogP contribution in [0.2, 0.25) is 0 Å². The van der Waals surface area contributed by atoms with E-state index in [-0.39, 0.29) is 0 Å². The Morgan fingerprint density at radius 3 is 2.57 bits per heavy atom. The van der Waals surface area contributed by atoms with Crippen LogP contribution in [-0.4, -0.2) is 0 Å². The van der Waals surface area contributed by atoms with E-state index in [2.05, 4.69) is 32.9 Å². The fraction of sp³-hybridized carbons (Fsp3) is 0.857. The molecule has 3 atom stereocenters. The largest absolute Gasteiger partial charge is 0.0804 e. The quantitative estimate of drug-likeness (QED) is 0.538. The molecule has 0 N–H and O–H groups in total. The molecule has 0 aromatic heterocycles. The predicted octanol–water partition coefficient (Wildman–Crippen LogP) is 4.22. The molecular weight excluding hydrogens is 168 g/mol. The van der Waals surface area contributed by atoms with Crippen molar-refractivity contribution in [1.82, 2.24) is 0 Å². The molecule has 3 unspecified atom stereocenters. The van der Waals surface area contributed by atoms with E-state index in [0.29, 0.717) is 5.41 Å². The predicted molar refractivity (Wildman–Crippen MR) is 60.8 cm³/mol. The molecule has 0 aromatic rings. The van der Waals surface area contributed by atoms with Crippen molar-refractivity contribution in [3.63, 3.8) is 0 Å². The number of rotatable bonds is 0. The van der Waals surface area contributed by atoms with E-state index in [9.17, 15) is 0 Å². The average molecular weight is 191 g/mol. The van der Waals surface area contributed by atoms with Gasteiger partial charge in [0.15, 0.2) is 0 Å². The third-order valence-electron chi connectivity index (χ3n) is 4.15. The smallest absolute Gasteiger partial charge is 0.0131 e. The highest BCUT2D eigenvalue weighted by atomic mass is 14.4. The third kappa shape index (κ3) is 1.89. The van der Waals surface area contributed by atoms with E-state index in [1.807, 2.05) is 0 Å². The van der Waals surface area contributed by atoms with E-state index in [4.69, 9.17) is 0 Å². The van der Waals surface area contributed by atoms with Crippen LogP contribution in [0.5, 0.6) is 0 Å². The van der Waals surface area contributed by atoms with Gasteiger partial charge in [-0.25, -0.2) is 0 Å². The van der Waals surface area contributed by atoms with Crippen LogP contribution in [0.15, 0.2) is 6.08 Å². The fourth-order valence-corrected chi connectivity index (χ4v) is 3.37. The number of hydrogen-bond donors (Lipinski definition) is 0. The van der Waals surface area contributed by atoms with Crippen molar-refractivity contribution in [2.45, 2.75) is 52.9 Å². The number of hydrogen-bond acceptors (Lipinski definition) is 0. The summed E-state index contributed by atoms with van der Waals surface area (Å²) in [6.45, 7) is 7.22. The topological polar surface area (TPSA) is 0 Å². The van der Waals surface area contributed by atoms with Crippen molar-refractivity contribution in [3.05, 3.63) is 12.2 Å². The highest BCUT2D eigenvalue weighted by Gasteiger charge is 2.38. The summed E-state index contributed by atoms with van der Waals surface area (Å²) in [5.41, 5.74) is 0.485. The van der Waals surface area contributed by atoms with E-state index in [1.54, 1.807) is 0 Å². The van der Waals surface area contributed by atoms with Gasteiger partial charge in [-0.1, -0.05) is 39.7 Å². The van der Waals surface area contributed by atoms with Crippen LogP contribution in [0, 0.1) is 29.2 Å². The van der Waals surface area contributed by atoms with Crippen molar-refractivity contribution >= 4 is 0 Å². The van der Waals surface area contributed by atoms with Crippen LogP contribution in [0.4, 0.5) is 0 Å². The van der Waals surface area contributed by atoms with Gasteiger partial charge < -0.3 is 0 Å². The molecule has 2 rings (SSSR count). The summed E-state index contributed by atoms with van der Waals surface area (Å²) < 4.78 is 0. The summed E-state index contributed by atoms with van der Waals surface area (Å²) in [4.78, 5) is 0. The lowest BCUT2D eigenvalue weighted by Gasteiger charge is -2.44. The maximum absolute atomic E-state index is 3.60. The minimum atomic E-state index is 0.485. The normalized spacial score (nSPS) is 38.1. The Morgan fingerprint density at radius 1 is 1.14 bits per heavy atom. The monoisotopic (exact) mass is 191 g/mol. The van der Waals surface area contributed by atoms with Gasteiger partial charge in [0.2, 0.25) is 0 Å². The van der Waals surface area contributed by atoms with Crippen LogP contribution in [0.1, 0.15) is 52.9 Å². The molecule has 0 saturated heterocycles. The molecule has 0 heterocycles. The zero-order chi connectivity index (χ0) is 10.2. The Balaban J connectivity index is 2.15. The molecule has 0 heteroatoms. The molecule has 1 fully saturated rings. The second-order valence-electron chi connectivity index (χ2n) is 6.13. The zero-order valence-electron chi connectivity index (χ0n) is 9.84. The Labute approximate surface area is 88.8 Å². The standard InChI is InChI=1S/C14H23/c1-14(2,3)13-10-6-8-11-7-4-5-9-12(11)13/h6,11-13H,4-5,7,9-10H2,1-3H3. The lowest BCUT2D eigenvalue weighted by molar-refractivity contribution is 0.0848. The van der Waals surface area contributed by atoms with E-state index < -0.39 is 0 Å². The summed E-state index contributed by atoms with van der Waals surface area (Å²) >= 11 is 0. The molecule has 0 nitrogen and oxygen atoms in total. The summed E-state index contributed by atoms with van der Waals surface area (Å²) in [6, 6.07) is 0. The van der Waals surface area contributed by atoms with Crippen molar-refractivity contribution in [2.24, 2.45) is 23.2 Å². The van der Waals surface area contributed by atoms with Gasteiger partial charge in [0.05, 0.1) is 0 Å². The van der Waals surface area contributed by atoms with E-state index in [0.717, 1.165) is 17.8 Å². The Bertz CT molecular complexity index is 219. The first-order valence-electron chi connectivity index (χ1n) is 6.17. The summed E-state index contributed by atoms with van der Waals surface area (Å²) in [7, 11) is 0. The van der Waals surface area contributed by atoms with Crippen LogP contribution in [-0.2, 0) is 0 Å². The SMILES string of the molecule is CC(C)(C)C1CC=[C]C2CCCCC21. The van der Waals surface area contributed by atoms with Crippen molar-refractivity contribution in [3.8, 4) is 0 Å². The number of allylic oxidation sites excluding steroid dienone is 2. The molecule has 2 aliphatic rings. The first-order valence-corrected chi connectivity index (χ1v) is 6.17. The average Bonchev–Trinajstić information content (AvgIpc) is 2.15. The highest BCUT2D eigenvalue weighted by molar-refractivity contribution is 4.99. The van der Waals surface area contributed by atoms with Crippen molar-refractivity contribution < 1.29 is 0 Å². The molecule has 1 saturated carbocycles. The molecule has 0 aliphatic heterocycles. The summed E-state index contributed by atoms with van der Waals surface area (Å²) in [6.07, 6.45) is 12.9. The Morgan fingerprint density at radius 2 is 1.86 bits per heavy atom. The van der Waals surface area contributed by atoms with Gasteiger partial charge in [-0.2, -0.15) is 0 Å². The van der Waals surface area contributed by atoms with Gasteiger partial charge in [-0.05, 0) is 48.5 Å². The molecule has 0 spiro atoms. The van der Waals surface area contributed by atoms with Crippen molar-refractivity contribution in [1.29, 1.82) is 0 Å². The minimum Gasteiger partial charge on any atom is -0.0804 e. The Hall–Kier alpha value is -0.260. The molecule has 0 bridgehead atoms. The zero-order valence-corrected chi connectivity index (χ0v) is 9.84. The molecule has 14 heavy (non-hydrogen) atoms. The van der Waals surface area contributed by atoms with Gasteiger partial charge in [0, 0.05) is 0 Å². The van der Waals surface area contributed by atoms with Crippen LogP contribution in [0.3, 0.4) is 0 Å². The van der Waals surface area contributed by atoms with Gasteiger partial charge in [-0.3, -0.25) is 0 Å².